The molecule has 1 saturated carbocycles. The molecule has 2 rings (SSSR count). The SMILES string of the molecule is COc1ccc(C2(CNC(C)C)CCCCCC2)cc1. The van der Waals surface area contributed by atoms with Crippen LogP contribution in [0.25, 0.3) is 0 Å². The Morgan fingerprint density at radius 3 is 2.15 bits per heavy atom. The van der Waals surface area contributed by atoms with Crippen molar-refractivity contribution in [3.8, 4) is 5.75 Å². The van der Waals surface area contributed by atoms with Gasteiger partial charge in [0, 0.05) is 18.0 Å². The lowest BCUT2D eigenvalue weighted by Crippen LogP contribution is -2.40. The van der Waals surface area contributed by atoms with E-state index in [2.05, 4.69) is 43.4 Å². The molecule has 0 saturated heterocycles. The lowest BCUT2D eigenvalue weighted by Gasteiger charge is -2.35. The molecule has 0 bridgehead atoms. The zero-order valence-corrected chi connectivity index (χ0v) is 13.2. The molecule has 2 heteroatoms. The van der Waals surface area contributed by atoms with Gasteiger partial charge in [-0.1, -0.05) is 51.7 Å². The average molecular weight is 275 g/mol. The topological polar surface area (TPSA) is 21.3 Å². The molecule has 112 valence electrons. The Morgan fingerprint density at radius 2 is 1.65 bits per heavy atom. The van der Waals surface area contributed by atoms with E-state index < -0.39 is 0 Å². The number of ether oxygens (including phenoxy) is 1. The zero-order valence-electron chi connectivity index (χ0n) is 13.2. The molecule has 0 radical (unpaired) electrons. The van der Waals surface area contributed by atoms with Crippen LogP contribution in [-0.2, 0) is 5.41 Å². The molecule has 0 heterocycles. The number of nitrogens with one attached hydrogen (secondary N) is 1. The van der Waals surface area contributed by atoms with E-state index in [1.165, 1.54) is 44.1 Å². The molecule has 1 aliphatic carbocycles. The average Bonchev–Trinajstić information content (AvgIpc) is 2.72. The van der Waals surface area contributed by atoms with E-state index in [-0.39, 0.29) is 0 Å². The van der Waals surface area contributed by atoms with Crippen LogP contribution in [0.15, 0.2) is 24.3 Å². The van der Waals surface area contributed by atoms with Crippen molar-refractivity contribution < 1.29 is 4.74 Å². The Kier molecular flexibility index (Phi) is 5.47. The monoisotopic (exact) mass is 275 g/mol. The highest BCUT2D eigenvalue weighted by atomic mass is 16.5. The maximum atomic E-state index is 5.30. The van der Waals surface area contributed by atoms with Crippen LogP contribution < -0.4 is 10.1 Å². The third kappa shape index (κ3) is 3.76. The fourth-order valence-corrected chi connectivity index (χ4v) is 3.32. The Labute approximate surface area is 123 Å². The first-order valence-corrected chi connectivity index (χ1v) is 8.04. The van der Waals surface area contributed by atoms with Gasteiger partial charge in [-0.15, -0.1) is 0 Å². The summed E-state index contributed by atoms with van der Waals surface area (Å²) in [6.07, 6.45) is 8.09. The van der Waals surface area contributed by atoms with E-state index in [1.807, 2.05) is 0 Å². The molecule has 1 aromatic rings. The maximum absolute atomic E-state index is 5.30. The highest BCUT2D eigenvalue weighted by molar-refractivity contribution is 5.33. The molecule has 0 aromatic heterocycles. The number of rotatable bonds is 5. The summed E-state index contributed by atoms with van der Waals surface area (Å²) in [6.45, 7) is 5.56. The molecule has 1 aliphatic rings. The molecule has 0 aliphatic heterocycles. The van der Waals surface area contributed by atoms with Gasteiger partial charge in [-0.2, -0.15) is 0 Å². The van der Waals surface area contributed by atoms with E-state index in [0.29, 0.717) is 11.5 Å². The lowest BCUT2D eigenvalue weighted by molar-refractivity contribution is 0.335. The van der Waals surface area contributed by atoms with Crippen LogP contribution in [0.5, 0.6) is 5.75 Å². The van der Waals surface area contributed by atoms with Gasteiger partial charge in [-0.3, -0.25) is 0 Å². The Balaban J connectivity index is 2.23. The molecule has 0 amide bonds. The van der Waals surface area contributed by atoms with Crippen LogP contribution in [0, 0.1) is 0 Å². The van der Waals surface area contributed by atoms with Gasteiger partial charge in [-0.25, -0.2) is 0 Å². The maximum Gasteiger partial charge on any atom is 0.118 e. The molecule has 0 unspecified atom stereocenters. The van der Waals surface area contributed by atoms with Gasteiger partial charge in [0.05, 0.1) is 7.11 Å². The highest BCUT2D eigenvalue weighted by Crippen LogP contribution is 2.38. The Hall–Kier alpha value is -1.02. The summed E-state index contributed by atoms with van der Waals surface area (Å²) in [6, 6.07) is 9.31. The first-order chi connectivity index (χ1) is 9.66. The van der Waals surface area contributed by atoms with Crippen molar-refractivity contribution in [3.05, 3.63) is 29.8 Å². The predicted molar refractivity (Wildman–Crippen MR) is 85.5 cm³/mol. The second-order valence-corrected chi connectivity index (χ2v) is 6.46. The third-order valence-electron chi connectivity index (χ3n) is 4.61. The summed E-state index contributed by atoms with van der Waals surface area (Å²) in [7, 11) is 1.73. The minimum atomic E-state index is 0.313. The molecule has 0 atom stereocenters. The summed E-state index contributed by atoms with van der Waals surface area (Å²) in [5.41, 5.74) is 1.79. The fourth-order valence-electron chi connectivity index (χ4n) is 3.32. The van der Waals surface area contributed by atoms with Crippen molar-refractivity contribution in [3.63, 3.8) is 0 Å². The molecular weight excluding hydrogens is 246 g/mol. The van der Waals surface area contributed by atoms with E-state index in [0.717, 1.165) is 12.3 Å². The van der Waals surface area contributed by atoms with Crippen LogP contribution in [0.4, 0.5) is 0 Å². The Bertz CT molecular complexity index is 388. The summed E-state index contributed by atoms with van der Waals surface area (Å²) in [5.74, 6) is 0.953. The summed E-state index contributed by atoms with van der Waals surface area (Å²) in [4.78, 5) is 0. The number of benzene rings is 1. The van der Waals surface area contributed by atoms with Gasteiger partial charge in [0.25, 0.3) is 0 Å². The highest BCUT2D eigenvalue weighted by Gasteiger charge is 2.32. The van der Waals surface area contributed by atoms with Crippen LogP contribution >= 0.6 is 0 Å². The molecule has 1 N–H and O–H groups in total. The van der Waals surface area contributed by atoms with E-state index in [9.17, 15) is 0 Å². The van der Waals surface area contributed by atoms with E-state index >= 15 is 0 Å². The molecule has 20 heavy (non-hydrogen) atoms. The van der Waals surface area contributed by atoms with Gasteiger partial charge in [0.2, 0.25) is 0 Å². The molecule has 2 nitrogen and oxygen atoms in total. The number of hydrogen-bond donors (Lipinski definition) is 1. The first-order valence-electron chi connectivity index (χ1n) is 8.04. The summed E-state index contributed by atoms with van der Waals surface area (Å²) >= 11 is 0. The van der Waals surface area contributed by atoms with Crippen LogP contribution in [0.3, 0.4) is 0 Å². The first kappa shape index (κ1) is 15.4. The molecule has 1 fully saturated rings. The fraction of sp³-hybridized carbons (Fsp3) is 0.667. The number of hydrogen-bond acceptors (Lipinski definition) is 2. The second-order valence-electron chi connectivity index (χ2n) is 6.46. The summed E-state index contributed by atoms with van der Waals surface area (Å²) in [5, 5.41) is 3.68. The van der Waals surface area contributed by atoms with Gasteiger partial charge in [0.1, 0.15) is 5.75 Å². The van der Waals surface area contributed by atoms with E-state index in [1.54, 1.807) is 7.11 Å². The van der Waals surface area contributed by atoms with E-state index in [4.69, 9.17) is 4.74 Å². The molecule has 0 spiro atoms. The smallest absolute Gasteiger partial charge is 0.118 e. The molecule has 1 aromatic carbocycles. The lowest BCUT2D eigenvalue weighted by atomic mass is 9.74. The van der Waals surface area contributed by atoms with Crippen molar-refractivity contribution in [1.82, 2.24) is 5.32 Å². The van der Waals surface area contributed by atoms with Gasteiger partial charge >= 0.3 is 0 Å². The largest absolute Gasteiger partial charge is 0.497 e. The van der Waals surface area contributed by atoms with Crippen molar-refractivity contribution in [1.29, 1.82) is 0 Å². The van der Waals surface area contributed by atoms with Crippen molar-refractivity contribution in [2.45, 2.75) is 63.8 Å². The van der Waals surface area contributed by atoms with Crippen molar-refractivity contribution >= 4 is 0 Å². The number of methoxy groups -OCH3 is 1. The predicted octanol–water partition coefficient (Wildman–Crippen LogP) is 4.29. The van der Waals surface area contributed by atoms with Gasteiger partial charge in [-0.05, 0) is 30.5 Å². The molecular formula is C18H29NO. The third-order valence-corrected chi connectivity index (χ3v) is 4.61. The quantitative estimate of drug-likeness (QED) is 0.810. The van der Waals surface area contributed by atoms with Crippen LogP contribution in [0.2, 0.25) is 0 Å². The second kappa shape index (κ2) is 7.12. The zero-order chi connectivity index (χ0) is 14.4. The minimum absolute atomic E-state index is 0.313. The Morgan fingerprint density at radius 1 is 1.05 bits per heavy atom. The van der Waals surface area contributed by atoms with Crippen LogP contribution in [-0.4, -0.2) is 19.7 Å². The van der Waals surface area contributed by atoms with Crippen LogP contribution in [0.1, 0.15) is 57.9 Å². The van der Waals surface area contributed by atoms with Crippen molar-refractivity contribution in [2.75, 3.05) is 13.7 Å². The van der Waals surface area contributed by atoms with Gasteiger partial charge < -0.3 is 10.1 Å². The summed E-state index contributed by atoms with van der Waals surface area (Å²) < 4.78 is 5.30. The minimum Gasteiger partial charge on any atom is -0.497 e. The standard InChI is InChI=1S/C18H29NO/c1-15(2)19-14-18(12-6-4-5-7-13-18)16-8-10-17(20-3)11-9-16/h8-11,15,19H,4-7,12-14H2,1-3H3. The van der Waals surface area contributed by atoms with Gasteiger partial charge in [0.15, 0.2) is 0 Å². The normalized spacial score (nSPS) is 18.8. The van der Waals surface area contributed by atoms with Crippen molar-refractivity contribution in [2.24, 2.45) is 0 Å².